The number of nitro benzene ring substituents is 1. The van der Waals surface area contributed by atoms with Gasteiger partial charge in [-0.25, -0.2) is 4.39 Å². The molecule has 4 nitrogen and oxygen atoms in total. The van der Waals surface area contributed by atoms with Gasteiger partial charge in [-0.3, -0.25) is 10.1 Å². The van der Waals surface area contributed by atoms with Crippen LogP contribution in [0.25, 0.3) is 0 Å². The topological polar surface area (TPSA) is 52.4 Å². The summed E-state index contributed by atoms with van der Waals surface area (Å²) in [6, 6.07) is 2.26. The third-order valence-electron chi connectivity index (χ3n) is 2.20. The van der Waals surface area contributed by atoms with E-state index in [0.29, 0.717) is 25.0 Å². The van der Waals surface area contributed by atoms with Crippen molar-refractivity contribution in [1.29, 1.82) is 0 Å². The number of nitrogens with zero attached hydrogens (tertiary/aromatic N) is 1. The van der Waals surface area contributed by atoms with Crippen molar-refractivity contribution in [3.8, 4) is 5.75 Å². The van der Waals surface area contributed by atoms with Crippen molar-refractivity contribution in [3.05, 3.63) is 33.6 Å². The van der Waals surface area contributed by atoms with E-state index in [-0.39, 0.29) is 11.4 Å². The van der Waals surface area contributed by atoms with E-state index < -0.39 is 10.7 Å². The molecule has 0 fully saturated rings. The van der Waals surface area contributed by atoms with E-state index >= 15 is 0 Å². The summed E-state index contributed by atoms with van der Waals surface area (Å²) < 4.78 is 18.3. The fraction of sp³-hybridized carbons (Fsp3) is 0.333. The molecule has 0 N–H and O–H groups in total. The monoisotopic (exact) mass is 197 g/mol. The van der Waals surface area contributed by atoms with E-state index in [1.165, 1.54) is 0 Å². The molecule has 0 bridgehead atoms. The van der Waals surface area contributed by atoms with Gasteiger partial charge in [-0.2, -0.15) is 0 Å². The SMILES string of the molecule is O=[N+]([O-])c1ccc(F)c2c1OCCC2. The first-order chi connectivity index (χ1) is 6.70. The Morgan fingerprint density at radius 1 is 1.50 bits per heavy atom. The molecule has 0 spiro atoms. The summed E-state index contributed by atoms with van der Waals surface area (Å²) in [6.07, 6.45) is 1.20. The van der Waals surface area contributed by atoms with Crippen LogP contribution in [-0.2, 0) is 6.42 Å². The van der Waals surface area contributed by atoms with Gasteiger partial charge in [0.25, 0.3) is 0 Å². The summed E-state index contributed by atoms with van der Waals surface area (Å²) in [4.78, 5) is 10.0. The Hall–Kier alpha value is -1.65. The summed E-state index contributed by atoms with van der Waals surface area (Å²) in [5.74, 6) is -0.327. The zero-order valence-corrected chi connectivity index (χ0v) is 7.33. The van der Waals surface area contributed by atoms with Gasteiger partial charge in [-0.1, -0.05) is 0 Å². The average molecular weight is 197 g/mol. The number of fused-ring (bicyclic) bond motifs is 1. The molecule has 2 rings (SSSR count). The molecule has 1 heterocycles. The van der Waals surface area contributed by atoms with Crippen LogP contribution in [0, 0.1) is 15.9 Å². The van der Waals surface area contributed by atoms with Gasteiger partial charge >= 0.3 is 5.69 Å². The van der Waals surface area contributed by atoms with Crippen molar-refractivity contribution in [3.63, 3.8) is 0 Å². The predicted molar refractivity (Wildman–Crippen MR) is 46.9 cm³/mol. The van der Waals surface area contributed by atoms with Gasteiger partial charge in [0.05, 0.1) is 11.5 Å². The quantitative estimate of drug-likeness (QED) is 0.511. The maximum Gasteiger partial charge on any atom is 0.311 e. The van der Waals surface area contributed by atoms with Crippen molar-refractivity contribution in [2.24, 2.45) is 0 Å². The molecule has 74 valence electrons. The average Bonchev–Trinajstić information content (AvgIpc) is 2.18. The molecule has 1 aromatic carbocycles. The van der Waals surface area contributed by atoms with E-state index in [9.17, 15) is 14.5 Å². The van der Waals surface area contributed by atoms with Gasteiger partial charge in [-0.05, 0) is 18.9 Å². The number of hydrogen-bond acceptors (Lipinski definition) is 3. The standard InChI is InChI=1S/C9H8FNO3/c10-7-3-4-8(11(12)13)9-6(7)2-1-5-14-9/h3-4H,1-2,5H2. The van der Waals surface area contributed by atoms with Crippen molar-refractivity contribution in [2.45, 2.75) is 12.8 Å². The van der Waals surface area contributed by atoms with Crippen LogP contribution in [0.3, 0.4) is 0 Å². The lowest BCUT2D eigenvalue weighted by Crippen LogP contribution is -2.11. The molecule has 0 saturated heterocycles. The molecule has 1 aromatic rings. The maximum absolute atomic E-state index is 13.2. The van der Waals surface area contributed by atoms with Gasteiger partial charge in [0.1, 0.15) is 5.82 Å². The molecule has 0 atom stereocenters. The van der Waals surface area contributed by atoms with Gasteiger partial charge in [0.2, 0.25) is 5.75 Å². The number of rotatable bonds is 1. The van der Waals surface area contributed by atoms with E-state index in [2.05, 4.69) is 0 Å². The normalized spacial score (nSPS) is 14.4. The van der Waals surface area contributed by atoms with Gasteiger partial charge in [0.15, 0.2) is 0 Å². The van der Waals surface area contributed by atoms with Crippen LogP contribution in [0.5, 0.6) is 5.75 Å². The molecule has 0 saturated carbocycles. The molecule has 0 aliphatic carbocycles. The lowest BCUT2D eigenvalue weighted by atomic mass is 10.0. The predicted octanol–water partition coefficient (Wildman–Crippen LogP) is 2.06. The highest BCUT2D eigenvalue weighted by molar-refractivity contribution is 5.53. The first-order valence-electron chi connectivity index (χ1n) is 4.28. The second kappa shape index (κ2) is 3.25. The number of halogens is 1. The highest BCUT2D eigenvalue weighted by atomic mass is 19.1. The van der Waals surface area contributed by atoms with Gasteiger partial charge in [-0.15, -0.1) is 0 Å². The smallest absolute Gasteiger partial charge is 0.311 e. The largest absolute Gasteiger partial charge is 0.487 e. The van der Waals surface area contributed by atoms with E-state index in [1.807, 2.05) is 0 Å². The second-order valence-corrected chi connectivity index (χ2v) is 3.08. The summed E-state index contributed by atoms with van der Waals surface area (Å²) in [5, 5.41) is 10.6. The minimum absolute atomic E-state index is 0.0984. The molecule has 1 aliphatic rings. The lowest BCUT2D eigenvalue weighted by Gasteiger charge is -2.16. The lowest BCUT2D eigenvalue weighted by molar-refractivity contribution is -0.386. The Bertz CT molecular complexity index is 392. The van der Waals surface area contributed by atoms with Crippen LogP contribution in [0.1, 0.15) is 12.0 Å². The van der Waals surface area contributed by atoms with Gasteiger partial charge < -0.3 is 4.74 Å². The van der Waals surface area contributed by atoms with Crippen molar-refractivity contribution in [2.75, 3.05) is 6.61 Å². The summed E-state index contributed by atoms with van der Waals surface area (Å²) in [6.45, 7) is 0.414. The van der Waals surface area contributed by atoms with Crippen LogP contribution in [-0.4, -0.2) is 11.5 Å². The maximum atomic E-state index is 13.2. The Balaban J connectivity index is 2.59. The molecular formula is C9H8FNO3. The Morgan fingerprint density at radius 3 is 3.00 bits per heavy atom. The molecule has 5 heteroatoms. The van der Waals surface area contributed by atoms with Crippen LogP contribution < -0.4 is 4.74 Å². The van der Waals surface area contributed by atoms with Crippen LogP contribution >= 0.6 is 0 Å². The molecule has 0 amide bonds. The third kappa shape index (κ3) is 1.30. The van der Waals surface area contributed by atoms with E-state index in [1.54, 1.807) is 0 Å². The molecule has 1 aliphatic heterocycles. The molecule has 14 heavy (non-hydrogen) atoms. The Labute approximate surface area is 79.5 Å². The number of ether oxygens (including phenoxy) is 1. The van der Waals surface area contributed by atoms with Crippen molar-refractivity contribution < 1.29 is 14.1 Å². The number of nitro groups is 1. The van der Waals surface area contributed by atoms with Crippen molar-refractivity contribution in [1.82, 2.24) is 0 Å². The molecular weight excluding hydrogens is 189 g/mol. The minimum Gasteiger partial charge on any atom is -0.487 e. The number of hydrogen-bond donors (Lipinski definition) is 0. The van der Waals surface area contributed by atoms with Crippen LogP contribution in [0.2, 0.25) is 0 Å². The van der Waals surface area contributed by atoms with Gasteiger partial charge in [0, 0.05) is 11.6 Å². The summed E-state index contributed by atoms with van der Waals surface area (Å²) in [5.41, 5.74) is 0.173. The molecule has 0 unspecified atom stereocenters. The Kier molecular flexibility index (Phi) is 2.07. The zero-order chi connectivity index (χ0) is 10.1. The van der Waals surface area contributed by atoms with Crippen LogP contribution in [0.15, 0.2) is 12.1 Å². The minimum atomic E-state index is -0.552. The first-order valence-corrected chi connectivity index (χ1v) is 4.28. The van der Waals surface area contributed by atoms with Crippen molar-refractivity contribution >= 4 is 5.69 Å². The zero-order valence-electron chi connectivity index (χ0n) is 7.33. The summed E-state index contributed by atoms with van der Waals surface area (Å²) in [7, 11) is 0. The molecule has 0 aromatic heterocycles. The second-order valence-electron chi connectivity index (χ2n) is 3.08. The van der Waals surface area contributed by atoms with E-state index in [4.69, 9.17) is 4.74 Å². The number of benzene rings is 1. The van der Waals surface area contributed by atoms with Crippen LogP contribution in [0.4, 0.5) is 10.1 Å². The fourth-order valence-corrected chi connectivity index (χ4v) is 1.55. The fourth-order valence-electron chi connectivity index (χ4n) is 1.55. The van der Waals surface area contributed by atoms with E-state index in [0.717, 1.165) is 12.1 Å². The highest BCUT2D eigenvalue weighted by Crippen LogP contribution is 2.35. The third-order valence-corrected chi connectivity index (χ3v) is 2.20. The molecule has 0 radical (unpaired) electrons. The first kappa shape index (κ1) is 8.93. The highest BCUT2D eigenvalue weighted by Gasteiger charge is 2.24. The summed E-state index contributed by atoms with van der Waals surface area (Å²) >= 11 is 0. The Morgan fingerprint density at radius 2 is 2.29 bits per heavy atom.